The second-order valence-corrected chi connectivity index (χ2v) is 6.91. The molecule has 0 atom stereocenters. The third kappa shape index (κ3) is 3.38. The molecule has 0 saturated heterocycles. The maximum Gasteiger partial charge on any atom is 0.280 e. The SMILES string of the molecule is Cc1cc(C(F)F)nc2sc(C(N)=O)c(NC(=O)c3ccc(Cl)cc3)c12. The van der Waals surface area contributed by atoms with E-state index in [-0.39, 0.29) is 15.4 Å². The highest BCUT2D eigenvalue weighted by Crippen LogP contribution is 2.38. The van der Waals surface area contributed by atoms with Crippen molar-refractivity contribution in [2.45, 2.75) is 13.3 Å². The van der Waals surface area contributed by atoms with E-state index >= 15 is 0 Å². The summed E-state index contributed by atoms with van der Waals surface area (Å²) in [5.41, 5.74) is 5.93. The number of aromatic nitrogens is 1. The first-order valence-electron chi connectivity index (χ1n) is 7.37. The third-order valence-corrected chi connectivity index (χ3v) is 5.02. The molecule has 3 aromatic rings. The number of aryl methyl sites for hydroxylation is 1. The van der Waals surface area contributed by atoms with E-state index < -0.39 is 23.9 Å². The Balaban J connectivity index is 2.11. The number of nitrogens with two attached hydrogens (primary N) is 1. The third-order valence-electron chi connectivity index (χ3n) is 3.67. The second-order valence-electron chi connectivity index (χ2n) is 5.48. The zero-order chi connectivity index (χ0) is 19.0. The number of amides is 2. The molecule has 0 aliphatic rings. The molecule has 2 aromatic heterocycles. The number of nitrogens with zero attached hydrogens (tertiary/aromatic N) is 1. The van der Waals surface area contributed by atoms with Gasteiger partial charge in [-0.05, 0) is 42.8 Å². The maximum atomic E-state index is 13.0. The average Bonchev–Trinajstić information content (AvgIpc) is 2.94. The summed E-state index contributed by atoms with van der Waals surface area (Å²) in [6.45, 7) is 1.60. The van der Waals surface area contributed by atoms with E-state index in [0.717, 1.165) is 11.3 Å². The zero-order valence-corrected chi connectivity index (χ0v) is 14.9. The number of carbonyl (C=O) groups excluding carboxylic acids is 2. The van der Waals surface area contributed by atoms with Crippen LogP contribution in [0.3, 0.4) is 0 Å². The van der Waals surface area contributed by atoms with Crippen molar-refractivity contribution in [2.75, 3.05) is 5.32 Å². The molecular weight excluding hydrogens is 384 g/mol. The first-order chi connectivity index (χ1) is 12.3. The van der Waals surface area contributed by atoms with Crippen LogP contribution >= 0.6 is 22.9 Å². The van der Waals surface area contributed by atoms with Crippen LogP contribution in [-0.4, -0.2) is 16.8 Å². The van der Waals surface area contributed by atoms with Gasteiger partial charge in [-0.2, -0.15) is 0 Å². The summed E-state index contributed by atoms with van der Waals surface area (Å²) >= 11 is 6.67. The molecule has 26 heavy (non-hydrogen) atoms. The minimum Gasteiger partial charge on any atom is -0.365 e. The van der Waals surface area contributed by atoms with E-state index in [9.17, 15) is 18.4 Å². The van der Waals surface area contributed by atoms with Gasteiger partial charge in [0.25, 0.3) is 18.2 Å². The number of alkyl halides is 2. The van der Waals surface area contributed by atoms with Crippen molar-refractivity contribution in [1.82, 2.24) is 4.98 Å². The lowest BCUT2D eigenvalue weighted by Gasteiger charge is -2.08. The van der Waals surface area contributed by atoms with Crippen LogP contribution in [0, 0.1) is 6.92 Å². The lowest BCUT2D eigenvalue weighted by molar-refractivity contribution is 0.100. The van der Waals surface area contributed by atoms with Gasteiger partial charge in [-0.25, -0.2) is 13.8 Å². The van der Waals surface area contributed by atoms with Crippen molar-refractivity contribution in [1.29, 1.82) is 0 Å². The summed E-state index contributed by atoms with van der Waals surface area (Å²) in [6.07, 6.45) is -2.75. The molecule has 0 aliphatic carbocycles. The standard InChI is InChI=1S/C17H12ClF2N3O2S/c1-7-6-10(14(19)20)22-17-11(7)12(13(26-17)15(21)24)23-16(25)8-2-4-9(18)5-3-8/h2-6,14H,1H3,(H2,21,24)(H,23,25). The molecule has 1 aromatic carbocycles. The van der Waals surface area contributed by atoms with Crippen molar-refractivity contribution in [3.63, 3.8) is 0 Å². The Morgan fingerprint density at radius 3 is 2.50 bits per heavy atom. The van der Waals surface area contributed by atoms with Gasteiger partial charge in [0, 0.05) is 16.0 Å². The minimum atomic E-state index is -2.75. The summed E-state index contributed by atoms with van der Waals surface area (Å²) in [7, 11) is 0. The monoisotopic (exact) mass is 395 g/mol. The molecule has 0 unspecified atom stereocenters. The van der Waals surface area contributed by atoms with E-state index in [1.54, 1.807) is 19.1 Å². The lowest BCUT2D eigenvalue weighted by atomic mass is 10.1. The predicted octanol–water partition coefficient (Wildman–Crippen LogP) is 4.55. The maximum absolute atomic E-state index is 13.0. The molecule has 0 aliphatic heterocycles. The predicted molar refractivity (Wildman–Crippen MR) is 97.2 cm³/mol. The Morgan fingerprint density at radius 1 is 1.27 bits per heavy atom. The van der Waals surface area contributed by atoms with Crippen LogP contribution in [0.2, 0.25) is 5.02 Å². The number of fused-ring (bicyclic) bond motifs is 1. The molecule has 0 fully saturated rings. The number of halogens is 3. The number of benzene rings is 1. The van der Waals surface area contributed by atoms with Crippen LogP contribution in [0.5, 0.6) is 0 Å². The molecule has 2 heterocycles. The molecule has 3 rings (SSSR count). The molecule has 0 bridgehead atoms. The Bertz CT molecular complexity index is 1020. The number of anilines is 1. The molecule has 9 heteroatoms. The van der Waals surface area contributed by atoms with Crippen molar-refractivity contribution in [3.8, 4) is 0 Å². The summed E-state index contributed by atoms with van der Waals surface area (Å²) in [5.74, 6) is -1.27. The number of rotatable bonds is 4. The van der Waals surface area contributed by atoms with Crippen LogP contribution in [0.4, 0.5) is 14.5 Å². The average molecular weight is 396 g/mol. The van der Waals surface area contributed by atoms with Gasteiger partial charge in [0.05, 0.1) is 5.69 Å². The van der Waals surface area contributed by atoms with Crippen LogP contribution in [0.1, 0.15) is 37.7 Å². The summed E-state index contributed by atoms with van der Waals surface area (Å²) in [6, 6.07) is 7.38. The molecule has 0 spiro atoms. The Morgan fingerprint density at radius 2 is 1.92 bits per heavy atom. The number of carbonyl (C=O) groups is 2. The number of thiophene rings is 1. The van der Waals surface area contributed by atoms with Gasteiger partial charge in [-0.3, -0.25) is 9.59 Å². The van der Waals surface area contributed by atoms with Crippen LogP contribution in [-0.2, 0) is 0 Å². The van der Waals surface area contributed by atoms with Crippen LogP contribution < -0.4 is 11.1 Å². The smallest absolute Gasteiger partial charge is 0.280 e. The number of primary amides is 1. The molecule has 3 N–H and O–H groups in total. The molecule has 5 nitrogen and oxygen atoms in total. The number of pyridine rings is 1. The van der Waals surface area contributed by atoms with Gasteiger partial charge in [-0.1, -0.05) is 11.6 Å². The Labute approximate surface area is 155 Å². The van der Waals surface area contributed by atoms with Gasteiger partial charge in [0.15, 0.2) is 0 Å². The van der Waals surface area contributed by atoms with E-state index in [2.05, 4.69) is 10.3 Å². The van der Waals surface area contributed by atoms with Crippen molar-refractivity contribution < 1.29 is 18.4 Å². The molecule has 134 valence electrons. The highest BCUT2D eigenvalue weighted by atomic mass is 35.5. The minimum absolute atomic E-state index is 0.0457. The highest BCUT2D eigenvalue weighted by molar-refractivity contribution is 7.21. The molecule has 0 radical (unpaired) electrons. The second kappa shape index (κ2) is 6.97. The summed E-state index contributed by atoms with van der Waals surface area (Å²) in [5, 5.41) is 3.52. The normalized spacial score (nSPS) is 11.1. The van der Waals surface area contributed by atoms with Crippen molar-refractivity contribution in [3.05, 3.63) is 57.1 Å². The van der Waals surface area contributed by atoms with Crippen molar-refractivity contribution >= 4 is 50.7 Å². The highest BCUT2D eigenvalue weighted by Gasteiger charge is 2.23. The first-order valence-corrected chi connectivity index (χ1v) is 8.56. The van der Waals surface area contributed by atoms with Crippen LogP contribution in [0.15, 0.2) is 30.3 Å². The van der Waals surface area contributed by atoms with Crippen molar-refractivity contribution in [2.24, 2.45) is 5.73 Å². The fraction of sp³-hybridized carbons (Fsp3) is 0.118. The topological polar surface area (TPSA) is 85.1 Å². The number of hydrogen-bond donors (Lipinski definition) is 2. The summed E-state index contributed by atoms with van der Waals surface area (Å²) < 4.78 is 25.9. The Kier molecular flexibility index (Phi) is 4.88. The van der Waals surface area contributed by atoms with Gasteiger partial charge in [0.2, 0.25) is 0 Å². The zero-order valence-electron chi connectivity index (χ0n) is 13.3. The molecule has 2 amide bonds. The number of nitrogens with one attached hydrogen (secondary N) is 1. The number of hydrogen-bond acceptors (Lipinski definition) is 4. The van der Waals surface area contributed by atoms with Gasteiger partial charge in [-0.15, -0.1) is 11.3 Å². The first kappa shape index (κ1) is 18.2. The lowest BCUT2D eigenvalue weighted by Crippen LogP contribution is -2.16. The van der Waals surface area contributed by atoms with E-state index in [4.69, 9.17) is 17.3 Å². The molecular formula is C17H12ClF2N3O2S. The summed E-state index contributed by atoms with van der Waals surface area (Å²) in [4.78, 5) is 28.4. The van der Waals surface area contributed by atoms with Gasteiger partial charge < -0.3 is 11.1 Å². The van der Waals surface area contributed by atoms with E-state index in [0.29, 0.717) is 21.5 Å². The van der Waals surface area contributed by atoms with E-state index in [1.165, 1.54) is 18.2 Å². The quantitative estimate of drug-likeness (QED) is 0.679. The van der Waals surface area contributed by atoms with Gasteiger partial charge in [0.1, 0.15) is 15.4 Å². The fourth-order valence-corrected chi connectivity index (χ4v) is 3.69. The van der Waals surface area contributed by atoms with Crippen LogP contribution in [0.25, 0.3) is 10.2 Å². The molecule has 0 saturated carbocycles. The largest absolute Gasteiger partial charge is 0.365 e. The Hall–Kier alpha value is -2.58. The van der Waals surface area contributed by atoms with Gasteiger partial charge >= 0.3 is 0 Å². The fourth-order valence-electron chi connectivity index (χ4n) is 2.50. The van der Waals surface area contributed by atoms with E-state index in [1.807, 2.05) is 0 Å².